The molecular formula is C39H56O3. The molecule has 0 amide bonds. The lowest BCUT2D eigenvalue weighted by Gasteiger charge is -2.72. The quantitative estimate of drug-likeness (QED) is 0.266. The third-order valence-electron chi connectivity index (χ3n) is 14.8. The van der Waals surface area contributed by atoms with E-state index < -0.39 is 0 Å². The van der Waals surface area contributed by atoms with Crippen LogP contribution < -0.4 is 9.47 Å². The second-order valence-electron chi connectivity index (χ2n) is 16.9. The summed E-state index contributed by atoms with van der Waals surface area (Å²) in [7, 11) is 3.34. The van der Waals surface area contributed by atoms with Crippen molar-refractivity contribution in [1.82, 2.24) is 0 Å². The number of benzene rings is 1. The van der Waals surface area contributed by atoms with Gasteiger partial charge in [-0.15, -0.1) is 0 Å². The predicted molar refractivity (Wildman–Crippen MR) is 173 cm³/mol. The number of rotatable bonds is 4. The van der Waals surface area contributed by atoms with E-state index in [0.29, 0.717) is 40.1 Å². The number of allylic oxidation sites excluding steroid dienone is 2. The molecular weight excluding hydrogens is 516 g/mol. The number of ether oxygens (including phenoxy) is 2. The van der Waals surface area contributed by atoms with Gasteiger partial charge < -0.3 is 9.47 Å². The first-order valence-corrected chi connectivity index (χ1v) is 16.8. The van der Waals surface area contributed by atoms with Crippen molar-refractivity contribution in [2.24, 2.45) is 56.7 Å². The molecule has 0 unspecified atom stereocenters. The minimum atomic E-state index is -0.365. The molecule has 0 radical (unpaired) electrons. The van der Waals surface area contributed by atoms with Gasteiger partial charge in [0.25, 0.3) is 0 Å². The first kappa shape index (κ1) is 30.0. The Balaban J connectivity index is 1.39. The molecule has 0 aliphatic heterocycles. The zero-order valence-electron chi connectivity index (χ0n) is 28.0. The summed E-state index contributed by atoms with van der Waals surface area (Å²) in [6.07, 6.45) is 13.5. The first-order chi connectivity index (χ1) is 19.7. The molecule has 6 rings (SSSR count). The predicted octanol–water partition coefficient (Wildman–Crippen LogP) is 9.94. The van der Waals surface area contributed by atoms with Crippen molar-refractivity contribution in [3.8, 4) is 11.5 Å². The highest BCUT2D eigenvalue weighted by molar-refractivity contribution is 6.04. The van der Waals surface area contributed by atoms with Gasteiger partial charge in [0.1, 0.15) is 0 Å². The van der Waals surface area contributed by atoms with Gasteiger partial charge in [0.15, 0.2) is 17.3 Å². The Hall–Kier alpha value is -2.03. The van der Waals surface area contributed by atoms with E-state index in [1.807, 2.05) is 12.1 Å². The van der Waals surface area contributed by atoms with Gasteiger partial charge in [0.2, 0.25) is 0 Å². The third kappa shape index (κ3) is 3.93. The monoisotopic (exact) mass is 572 g/mol. The maximum atomic E-state index is 14.2. The summed E-state index contributed by atoms with van der Waals surface area (Å²) in [5, 5.41) is 0. The van der Waals surface area contributed by atoms with Crippen LogP contribution in [0.5, 0.6) is 11.5 Å². The van der Waals surface area contributed by atoms with Gasteiger partial charge in [-0.05, 0) is 145 Å². The summed E-state index contributed by atoms with van der Waals surface area (Å²) in [5.74, 6) is 5.06. The Morgan fingerprint density at radius 1 is 0.857 bits per heavy atom. The van der Waals surface area contributed by atoms with Crippen molar-refractivity contribution in [3.05, 3.63) is 41.5 Å². The Labute approximate surface area is 255 Å². The van der Waals surface area contributed by atoms with Crippen LogP contribution in [0.2, 0.25) is 0 Å². The Morgan fingerprint density at radius 2 is 1.57 bits per heavy atom. The van der Waals surface area contributed by atoms with Crippen LogP contribution in [-0.4, -0.2) is 20.0 Å². The van der Waals surface area contributed by atoms with E-state index in [9.17, 15) is 4.79 Å². The highest BCUT2D eigenvalue weighted by Crippen LogP contribution is 2.77. The molecule has 5 saturated carbocycles. The minimum Gasteiger partial charge on any atom is -0.493 e. The van der Waals surface area contributed by atoms with Crippen LogP contribution in [-0.2, 0) is 4.79 Å². The number of Topliss-reactive ketones (excluding diaryl/α,β-unsaturated/α-hetero) is 1. The molecule has 5 aliphatic carbocycles. The summed E-state index contributed by atoms with van der Waals surface area (Å²) in [4.78, 5) is 14.2. The van der Waals surface area contributed by atoms with Crippen molar-refractivity contribution < 1.29 is 14.3 Å². The van der Waals surface area contributed by atoms with Crippen LogP contribution in [0.4, 0.5) is 0 Å². The fraction of sp³-hybridized carbons (Fsp3) is 0.718. The van der Waals surface area contributed by atoms with Crippen molar-refractivity contribution in [1.29, 1.82) is 0 Å². The van der Waals surface area contributed by atoms with Crippen LogP contribution >= 0.6 is 0 Å². The Morgan fingerprint density at radius 3 is 2.24 bits per heavy atom. The fourth-order valence-electron chi connectivity index (χ4n) is 12.6. The van der Waals surface area contributed by atoms with Crippen molar-refractivity contribution in [3.63, 3.8) is 0 Å². The summed E-state index contributed by atoms with van der Waals surface area (Å²) in [6, 6.07) is 6.02. The van der Waals surface area contributed by atoms with Crippen LogP contribution in [0.3, 0.4) is 0 Å². The van der Waals surface area contributed by atoms with Gasteiger partial charge in [0, 0.05) is 5.41 Å². The number of carbonyl (C=O) groups is 1. The maximum absolute atomic E-state index is 14.2. The van der Waals surface area contributed by atoms with Crippen molar-refractivity contribution >= 4 is 11.9 Å². The molecule has 0 bridgehead atoms. The number of ketones is 1. The van der Waals surface area contributed by atoms with E-state index in [4.69, 9.17) is 9.47 Å². The average molecular weight is 573 g/mol. The molecule has 230 valence electrons. The lowest BCUT2D eigenvalue weighted by molar-refractivity contribution is -0.228. The number of methoxy groups -OCH3 is 2. The van der Waals surface area contributed by atoms with Crippen molar-refractivity contribution in [2.75, 3.05) is 14.2 Å². The second kappa shape index (κ2) is 9.73. The largest absolute Gasteiger partial charge is 0.493 e. The zero-order chi connectivity index (χ0) is 30.5. The van der Waals surface area contributed by atoms with E-state index >= 15 is 0 Å². The number of hydrogen-bond donors (Lipinski definition) is 0. The Kier molecular flexibility index (Phi) is 6.96. The molecule has 0 N–H and O–H groups in total. The van der Waals surface area contributed by atoms with Gasteiger partial charge in [-0.3, -0.25) is 4.79 Å². The van der Waals surface area contributed by atoms with Crippen LogP contribution in [0, 0.1) is 56.7 Å². The minimum absolute atomic E-state index is 0.102. The summed E-state index contributed by atoms with van der Waals surface area (Å²) >= 11 is 0. The van der Waals surface area contributed by atoms with Crippen LogP contribution in [0.15, 0.2) is 35.9 Å². The SMILES string of the molecule is C=C(C)[C@@H]1CC[C@]2(C)CC[C@]3(C)[C@H](CC[C@@H]4[C@]5(C)C/C(=C/c6ccc(OC)c(OC)c6)C(=O)C(C)(C)[C@@H]5CC[C@]43C)[C@@H]12. The molecule has 0 saturated heterocycles. The van der Waals surface area contributed by atoms with E-state index in [0.717, 1.165) is 35.1 Å². The smallest absolute Gasteiger partial charge is 0.164 e. The van der Waals surface area contributed by atoms with Gasteiger partial charge in [0.05, 0.1) is 14.2 Å². The average Bonchev–Trinajstić information content (AvgIpc) is 3.29. The highest BCUT2D eigenvalue weighted by Gasteiger charge is 2.70. The number of carbonyl (C=O) groups excluding carboxylic acids is 1. The fourth-order valence-corrected chi connectivity index (χ4v) is 12.6. The number of fused-ring (bicyclic) bond motifs is 7. The Bertz CT molecular complexity index is 1320. The van der Waals surface area contributed by atoms with E-state index in [1.54, 1.807) is 14.2 Å². The van der Waals surface area contributed by atoms with E-state index in [-0.39, 0.29) is 16.2 Å². The molecule has 3 nitrogen and oxygen atoms in total. The molecule has 42 heavy (non-hydrogen) atoms. The van der Waals surface area contributed by atoms with Gasteiger partial charge >= 0.3 is 0 Å². The van der Waals surface area contributed by atoms with Gasteiger partial charge in [-0.25, -0.2) is 0 Å². The summed E-state index contributed by atoms with van der Waals surface area (Å²) < 4.78 is 11.1. The summed E-state index contributed by atoms with van der Waals surface area (Å²) in [5.41, 5.74) is 4.28. The molecule has 1 aromatic rings. The maximum Gasteiger partial charge on any atom is 0.164 e. The number of hydrogen-bond acceptors (Lipinski definition) is 3. The molecule has 0 aromatic heterocycles. The van der Waals surface area contributed by atoms with E-state index in [2.05, 4.69) is 67.2 Å². The lowest BCUT2D eigenvalue weighted by atomic mass is 9.32. The standard InChI is InChI=1S/C39H56O3/c1-24(2)27-15-17-36(5)19-20-38(7)28(33(27)36)12-14-32-37(6)23-26(21-25-11-13-29(41-9)30(22-25)42-10)34(40)35(3,4)31(37)16-18-39(32,38)8/h11,13,21-22,27-28,31-33H,1,12,14-20,23H2,2-10H3/b26-21-/t27-,28+,31-,32+,33+,36+,37+,38+,39+/m0/s1. The van der Waals surface area contributed by atoms with E-state index in [1.165, 1.54) is 56.9 Å². The molecule has 5 aliphatic rings. The highest BCUT2D eigenvalue weighted by atomic mass is 16.5. The van der Waals surface area contributed by atoms with Crippen molar-refractivity contribution in [2.45, 2.75) is 106 Å². The third-order valence-corrected chi connectivity index (χ3v) is 14.8. The molecule has 5 fully saturated rings. The topological polar surface area (TPSA) is 35.5 Å². The molecule has 3 heteroatoms. The van der Waals surface area contributed by atoms with Crippen LogP contribution in [0.1, 0.15) is 112 Å². The lowest BCUT2D eigenvalue weighted by Crippen LogP contribution is -2.66. The second-order valence-corrected chi connectivity index (χ2v) is 16.9. The normalized spacial score (nSPS) is 44.9. The molecule has 9 atom stereocenters. The summed E-state index contributed by atoms with van der Waals surface area (Å²) in [6.45, 7) is 21.9. The first-order valence-electron chi connectivity index (χ1n) is 16.8. The molecule has 1 aromatic carbocycles. The van der Waals surface area contributed by atoms with Crippen LogP contribution in [0.25, 0.3) is 6.08 Å². The van der Waals surface area contributed by atoms with Gasteiger partial charge in [-0.2, -0.15) is 0 Å². The molecule has 0 spiro atoms. The zero-order valence-corrected chi connectivity index (χ0v) is 28.0. The molecule has 0 heterocycles. The van der Waals surface area contributed by atoms with Gasteiger partial charge in [-0.1, -0.05) is 59.8 Å².